The standard InChI is InChI=1S/C22H34N4O3/c1-4-26(15-17-9-6-5-7-10-17)20(27)14-23-22(29)25-19-12-8-11-18(13-19)21(28)24-16(2)3/h5-7,9-10,16,18-19H,4,8,11-15H2,1-3H3,(H,24,28)(H2,23,25,29). The van der Waals surface area contributed by atoms with Gasteiger partial charge in [0, 0.05) is 31.1 Å². The van der Waals surface area contributed by atoms with Crippen LogP contribution in [0.4, 0.5) is 4.79 Å². The minimum atomic E-state index is -0.357. The Labute approximate surface area is 173 Å². The molecule has 1 aliphatic rings. The molecule has 2 rings (SSSR count). The summed E-state index contributed by atoms with van der Waals surface area (Å²) >= 11 is 0. The van der Waals surface area contributed by atoms with Gasteiger partial charge in [0.1, 0.15) is 0 Å². The normalized spacial score (nSPS) is 18.8. The quantitative estimate of drug-likeness (QED) is 0.624. The average molecular weight is 403 g/mol. The number of rotatable bonds is 8. The molecule has 0 heterocycles. The fraction of sp³-hybridized carbons (Fsp3) is 0.591. The Balaban J connectivity index is 1.76. The van der Waals surface area contributed by atoms with Crippen molar-refractivity contribution in [1.29, 1.82) is 0 Å². The topological polar surface area (TPSA) is 90.5 Å². The third kappa shape index (κ3) is 7.75. The molecular weight excluding hydrogens is 368 g/mol. The van der Waals surface area contributed by atoms with E-state index < -0.39 is 0 Å². The van der Waals surface area contributed by atoms with Gasteiger partial charge in [0.15, 0.2) is 0 Å². The molecule has 0 bridgehead atoms. The lowest BCUT2D eigenvalue weighted by molar-refractivity contribution is -0.130. The van der Waals surface area contributed by atoms with Crippen molar-refractivity contribution in [3.8, 4) is 0 Å². The first-order chi connectivity index (χ1) is 13.9. The van der Waals surface area contributed by atoms with Crippen LogP contribution in [0.3, 0.4) is 0 Å². The van der Waals surface area contributed by atoms with Crippen LogP contribution in [0.25, 0.3) is 0 Å². The highest BCUT2D eigenvalue weighted by atomic mass is 16.2. The zero-order valence-corrected chi connectivity index (χ0v) is 17.7. The number of urea groups is 1. The van der Waals surface area contributed by atoms with Crippen molar-refractivity contribution in [2.45, 2.75) is 65.1 Å². The molecule has 1 fully saturated rings. The van der Waals surface area contributed by atoms with E-state index in [9.17, 15) is 14.4 Å². The van der Waals surface area contributed by atoms with E-state index in [2.05, 4.69) is 16.0 Å². The maximum absolute atomic E-state index is 12.4. The maximum atomic E-state index is 12.4. The summed E-state index contributed by atoms with van der Waals surface area (Å²) in [5, 5.41) is 8.53. The molecule has 7 heteroatoms. The lowest BCUT2D eigenvalue weighted by atomic mass is 9.85. The molecule has 2 atom stereocenters. The molecule has 2 unspecified atom stereocenters. The van der Waals surface area contributed by atoms with Crippen molar-refractivity contribution in [1.82, 2.24) is 20.9 Å². The van der Waals surface area contributed by atoms with Crippen molar-refractivity contribution < 1.29 is 14.4 Å². The first kappa shape index (κ1) is 22.7. The molecule has 0 aliphatic heterocycles. The van der Waals surface area contributed by atoms with E-state index in [1.165, 1.54) is 0 Å². The maximum Gasteiger partial charge on any atom is 0.315 e. The van der Waals surface area contributed by atoms with Crippen LogP contribution < -0.4 is 16.0 Å². The number of hydrogen-bond donors (Lipinski definition) is 3. The number of carbonyl (C=O) groups is 3. The highest BCUT2D eigenvalue weighted by Gasteiger charge is 2.28. The number of likely N-dealkylation sites (N-methyl/N-ethyl adjacent to an activating group) is 1. The second kappa shape index (κ2) is 11.4. The molecule has 0 aromatic heterocycles. The second-order valence-electron chi connectivity index (χ2n) is 7.94. The molecule has 1 aromatic rings. The van der Waals surface area contributed by atoms with Gasteiger partial charge in [-0.1, -0.05) is 36.8 Å². The molecular formula is C22H34N4O3. The number of benzene rings is 1. The summed E-state index contributed by atoms with van der Waals surface area (Å²) in [6.45, 7) is 6.86. The predicted molar refractivity (Wildman–Crippen MR) is 113 cm³/mol. The van der Waals surface area contributed by atoms with E-state index in [1.807, 2.05) is 51.1 Å². The van der Waals surface area contributed by atoms with E-state index in [-0.39, 0.29) is 42.4 Å². The second-order valence-corrected chi connectivity index (χ2v) is 7.94. The summed E-state index contributed by atoms with van der Waals surface area (Å²) in [6, 6.07) is 9.49. The number of hydrogen-bond acceptors (Lipinski definition) is 3. The van der Waals surface area contributed by atoms with E-state index in [1.54, 1.807) is 4.90 Å². The molecule has 1 aliphatic carbocycles. The van der Waals surface area contributed by atoms with Gasteiger partial charge < -0.3 is 20.9 Å². The Bertz CT molecular complexity index is 678. The Kier molecular flexibility index (Phi) is 8.96. The molecule has 1 saturated carbocycles. The first-order valence-electron chi connectivity index (χ1n) is 10.6. The van der Waals surface area contributed by atoms with Gasteiger partial charge >= 0.3 is 6.03 Å². The molecule has 3 N–H and O–H groups in total. The van der Waals surface area contributed by atoms with Crippen molar-refractivity contribution >= 4 is 17.8 Å². The van der Waals surface area contributed by atoms with Crippen LogP contribution in [0.2, 0.25) is 0 Å². The van der Waals surface area contributed by atoms with Gasteiger partial charge in [-0.05, 0) is 45.6 Å². The molecule has 0 saturated heterocycles. The highest BCUT2D eigenvalue weighted by molar-refractivity contribution is 5.84. The van der Waals surface area contributed by atoms with Crippen molar-refractivity contribution in [3.63, 3.8) is 0 Å². The number of nitrogens with one attached hydrogen (secondary N) is 3. The molecule has 0 radical (unpaired) electrons. The SMILES string of the molecule is CCN(Cc1ccccc1)C(=O)CNC(=O)NC1CCCC(C(=O)NC(C)C)C1. The Morgan fingerprint density at radius 2 is 1.86 bits per heavy atom. The summed E-state index contributed by atoms with van der Waals surface area (Å²) in [5.74, 6) is -0.134. The van der Waals surface area contributed by atoms with Gasteiger partial charge in [-0.3, -0.25) is 9.59 Å². The third-order valence-corrected chi connectivity index (χ3v) is 5.16. The zero-order chi connectivity index (χ0) is 21.2. The summed E-state index contributed by atoms with van der Waals surface area (Å²) in [6.07, 6.45) is 3.24. The monoisotopic (exact) mass is 402 g/mol. The number of amides is 4. The van der Waals surface area contributed by atoms with E-state index in [0.717, 1.165) is 24.8 Å². The average Bonchev–Trinajstić information content (AvgIpc) is 2.70. The van der Waals surface area contributed by atoms with Crippen LogP contribution >= 0.6 is 0 Å². The van der Waals surface area contributed by atoms with Crippen molar-refractivity contribution in [2.24, 2.45) is 5.92 Å². The van der Waals surface area contributed by atoms with Crippen LogP contribution in [-0.4, -0.2) is 47.9 Å². The predicted octanol–water partition coefficient (Wildman–Crippen LogP) is 2.42. The van der Waals surface area contributed by atoms with Gasteiger partial charge in [0.2, 0.25) is 11.8 Å². The minimum absolute atomic E-state index is 0.0451. The first-order valence-corrected chi connectivity index (χ1v) is 10.6. The molecule has 1 aromatic carbocycles. The molecule has 4 amide bonds. The molecule has 7 nitrogen and oxygen atoms in total. The zero-order valence-electron chi connectivity index (χ0n) is 17.7. The fourth-order valence-electron chi connectivity index (χ4n) is 3.65. The molecule has 29 heavy (non-hydrogen) atoms. The lowest BCUT2D eigenvalue weighted by Gasteiger charge is -2.29. The molecule has 0 spiro atoms. The van der Waals surface area contributed by atoms with Crippen molar-refractivity contribution in [3.05, 3.63) is 35.9 Å². The van der Waals surface area contributed by atoms with Gasteiger partial charge in [0.25, 0.3) is 0 Å². The van der Waals surface area contributed by atoms with Crippen LogP contribution in [0.15, 0.2) is 30.3 Å². The van der Waals surface area contributed by atoms with Gasteiger partial charge in [-0.25, -0.2) is 4.79 Å². The van der Waals surface area contributed by atoms with Crippen LogP contribution in [-0.2, 0) is 16.1 Å². The van der Waals surface area contributed by atoms with Crippen LogP contribution in [0.1, 0.15) is 52.0 Å². The Morgan fingerprint density at radius 1 is 1.14 bits per heavy atom. The Morgan fingerprint density at radius 3 is 2.52 bits per heavy atom. The van der Waals surface area contributed by atoms with Gasteiger partial charge in [0.05, 0.1) is 6.54 Å². The number of nitrogens with zero attached hydrogens (tertiary/aromatic N) is 1. The fourth-order valence-corrected chi connectivity index (χ4v) is 3.65. The third-order valence-electron chi connectivity index (χ3n) is 5.16. The van der Waals surface area contributed by atoms with Gasteiger partial charge in [-0.15, -0.1) is 0 Å². The lowest BCUT2D eigenvalue weighted by Crippen LogP contribution is -2.49. The molecule has 160 valence electrons. The summed E-state index contributed by atoms with van der Waals surface area (Å²) in [7, 11) is 0. The summed E-state index contributed by atoms with van der Waals surface area (Å²) in [4.78, 5) is 38.6. The van der Waals surface area contributed by atoms with Crippen LogP contribution in [0.5, 0.6) is 0 Å². The highest BCUT2D eigenvalue weighted by Crippen LogP contribution is 2.24. The van der Waals surface area contributed by atoms with E-state index in [0.29, 0.717) is 19.5 Å². The number of carbonyl (C=O) groups excluding carboxylic acids is 3. The minimum Gasteiger partial charge on any atom is -0.354 e. The van der Waals surface area contributed by atoms with Crippen LogP contribution in [0, 0.1) is 5.92 Å². The smallest absolute Gasteiger partial charge is 0.315 e. The largest absolute Gasteiger partial charge is 0.354 e. The van der Waals surface area contributed by atoms with E-state index in [4.69, 9.17) is 0 Å². The van der Waals surface area contributed by atoms with Gasteiger partial charge in [-0.2, -0.15) is 0 Å². The summed E-state index contributed by atoms with van der Waals surface area (Å²) < 4.78 is 0. The Hall–Kier alpha value is -2.57. The van der Waals surface area contributed by atoms with E-state index >= 15 is 0 Å². The summed E-state index contributed by atoms with van der Waals surface area (Å²) in [5.41, 5.74) is 1.06. The van der Waals surface area contributed by atoms with Crippen molar-refractivity contribution in [2.75, 3.05) is 13.1 Å².